The van der Waals surface area contributed by atoms with Crippen molar-refractivity contribution in [1.82, 2.24) is 14.9 Å². The fraction of sp³-hybridized carbons (Fsp3) is 0.615. The lowest BCUT2D eigenvalue weighted by atomic mass is 9.84. The predicted molar refractivity (Wildman–Crippen MR) is 68.2 cm³/mol. The van der Waals surface area contributed by atoms with Crippen molar-refractivity contribution in [3.8, 4) is 0 Å². The largest absolute Gasteiger partial charge is 0.339 e. The van der Waals surface area contributed by atoms with Gasteiger partial charge in [0.25, 0.3) is 0 Å². The molecule has 18 heavy (non-hydrogen) atoms. The maximum Gasteiger partial charge on any atom is 0.225 e. The van der Waals surface area contributed by atoms with Gasteiger partial charge in [0.15, 0.2) is 0 Å². The van der Waals surface area contributed by atoms with Crippen LogP contribution >= 0.6 is 0 Å². The van der Waals surface area contributed by atoms with Crippen LogP contribution < -0.4 is 4.90 Å². The summed E-state index contributed by atoms with van der Waals surface area (Å²) in [4.78, 5) is 24.7. The number of hydrogen-bond donors (Lipinski definition) is 0. The summed E-state index contributed by atoms with van der Waals surface area (Å²) in [5.74, 6) is 1.44. The minimum Gasteiger partial charge on any atom is -0.339 e. The molecule has 1 saturated carbocycles. The van der Waals surface area contributed by atoms with Gasteiger partial charge < -0.3 is 9.80 Å². The van der Waals surface area contributed by atoms with E-state index in [-0.39, 0.29) is 0 Å². The minimum atomic E-state index is 0.310. The molecule has 0 bridgehead atoms. The van der Waals surface area contributed by atoms with Crippen LogP contribution in [0.25, 0.3) is 0 Å². The molecule has 5 heteroatoms. The normalized spacial score (nSPS) is 20.7. The Kier molecular flexibility index (Phi) is 3.13. The highest BCUT2D eigenvalue weighted by atomic mass is 16.2. The number of hydrogen-bond acceptors (Lipinski definition) is 4. The van der Waals surface area contributed by atoms with Crippen LogP contribution in [-0.4, -0.2) is 47.0 Å². The van der Waals surface area contributed by atoms with Crippen LogP contribution in [0.15, 0.2) is 18.5 Å². The molecule has 2 aliphatic rings. The van der Waals surface area contributed by atoms with Crippen molar-refractivity contribution >= 4 is 11.9 Å². The summed E-state index contributed by atoms with van der Waals surface area (Å²) in [6, 6.07) is 1.82. The van der Waals surface area contributed by atoms with E-state index in [1.165, 1.54) is 6.42 Å². The van der Waals surface area contributed by atoms with Crippen molar-refractivity contribution in [3.63, 3.8) is 0 Å². The topological polar surface area (TPSA) is 49.3 Å². The Morgan fingerprint density at radius 2 is 1.78 bits per heavy atom. The van der Waals surface area contributed by atoms with Gasteiger partial charge in [0.05, 0.1) is 0 Å². The van der Waals surface area contributed by atoms with Crippen LogP contribution in [0.1, 0.15) is 19.3 Å². The molecule has 1 saturated heterocycles. The van der Waals surface area contributed by atoms with E-state index < -0.39 is 0 Å². The molecule has 1 amide bonds. The summed E-state index contributed by atoms with van der Waals surface area (Å²) in [6.07, 6.45) is 6.90. The van der Waals surface area contributed by atoms with Crippen LogP contribution in [0, 0.1) is 5.92 Å². The second kappa shape index (κ2) is 4.92. The third-order valence-electron chi connectivity index (χ3n) is 3.88. The number of aromatic nitrogens is 2. The second-order valence-corrected chi connectivity index (χ2v) is 4.99. The molecule has 1 aromatic heterocycles. The number of carbonyl (C=O) groups is 1. The number of amides is 1. The molecule has 96 valence electrons. The molecule has 0 spiro atoms. The van der Waals surface area contributed by atoms with Gasteiger partial charge >= 0.3 is 0 Å². The Labute approximate surface area is 107 Å². The standard InChI is InChI=1S/C13H18N4O/c18-12(11-3-1-4-11)16-7-9-17(10-8-16)13-14-5-2-6-15-13/h2,5-6,11H,1,3-4,7-10H2. The third kappa shape index (κ3) is 2.17. The van der Waals surface area contributed by atoms with Crippen LogP contribution in [0.2, 0.25) is 0 Å². The molecular formula is C13H18N4O. The Morgan fingerprint density at radius 3 is 2.33 bits per heavy atom. The molecule has 0 atom stereocenters. The van der Waals surface area contributed by atoms with Crippen LogP contribution in [0.3, 0.4) is 0 Å². The number of anilines is 1. The Hall–Kier alpha value is -1.65. The lowest BCUT2D eigenvalue weighted by molar-refractivity contribution is -0.138. The first-order valence-corrected chi connectivity index (χ1v) is 6.65. The molecule has 0 N–H and O–H groups in total. The van der Waals surface area contributed by atoms with E-state index in [9.17, 15) is 4.79 Å². The van der Waals surface area contributed by atoms with Gasteiger partial charge in [0.1, 0.15) is 0 Å². The summed E-state index contributed by atoms with van der Waals surface area (Å²) in [7, 11) is 0. The zero-order chi connectivity index (χ0) is 12.4. The molecule has 1 aromatic rings. The van der Waals surface area contributed by atoms with E-state index >= 15 is 0 Å². The van der Waals surface area contributed by atoms with E-state index in [2.05, 4.69) is 14.9 Å². The zero-order valence-electron chi connectivity index (χ0n) is 10.5. The Balaban J connectivity index is 1.56. The average molecular weight is 246 g/mol. The lowest BCUT2D eigenvalue weighted by Gasteiger charge is -2.38. The highest BCUT2D eigenvalue weighted by molar-refractivity contribution is 5.79. The SMILES string of the molecule is O=C(C1CCC1)N1CCN(c2ncccn2)CC1. The van der Waals surface area contributed by atoms with E-state index in [1.807, 2.05) is 11.0 Å². The molecule has 0 unspecified atom stereocenters. The van der Waals surface area contributed by atoms with Gasteiger partial charge in [-0.25, -0.2) is 9.97 Å². The minimum absolute atomic E-state index is 0.310. The van der Waals surface area contributed by atoms with E-state index in [0.717, 1.165) is 45.0 Å². The van der Waals surface area contributed by atoms with E-state index in [4.69, 9.17) is 0 Å². The number of rotatable bonds is 2. The summed E-state index contributed by atoms with van der Waals surface area (Å²) < 4.78 is 0. The van der Waals surface area contributed by atoms with E-state index in [1.54, 1.807) is 12.4 Å². The fourth-order valence-corrected chi connectivity index (χ4v) is 2.49. The number of carbonyl (C=O) groups excluding carboxylic acids is 1. The van der Waals surface area contributed by atoms with Gasteiger partial charge in [-0.3, -0.25) is 4.79 Å². The molecule has 1 aliphatic carbocycles. The monoisotopic (exact) mass is 246 g/mol. The zero-order valence-corrected chi connectivity index (χ0v) is 10.5. The second-order valence-electron chi connectivity index (χ2n) is 4.99. The van der Waals surface area contributed by atoms with Gasteiger partial charge in [-0.05, 0) is 18.9 Å². The molecule has 0 radical (unpaired) electrons. The lowest BCUT2D eigenvalue weighted by Crippen LogP contribution is -2.51. The maximum absolute atomic E-state index is 12.1. The highest BCUT2D eigenvalue weighted by Gasteiger charge is 2.31. The molecule has 3 rings (SSSR count). The number of piperazine rings is 1. The first-order valence-electron chi connectivity index (χ1n) is 6.65. The van der Waals surface area contributed by atoms with Crippen molar-refractivity contribution in [2.24, 2.45) is 5.92 Å². The highest BCUT2D eigenvalue weighted by Crippen LogP contribution is 2.28. The quantitative estimate of drug-likeness (QED) is 0.779. The van der Waals surface area contributed by atoms with Gasteiger partial charge in [-0.2, -0.15) is 0 Å². The molecule has 2 heterocycles. The summed E-state index contributed by atoms with van der Waals surface area (Å²) in [5, 5.41) is 0. The Bertz CT molecular complexity index is 410. The van der Waals surface area contributed by atoms with Crippen LogP contribution in [0.5, 0.6) is 0 Å². The van der Waals surface area contributed by atoms with Crippen molar-refractivity contribution < 1.29 is 4.79 Å². The summed E-state index contributed by atoms with van der Waals surface area (Å²) in [6.45, 7) is 3.27. The van der Waals surface area contributed by atoms with Crippen LogP contribution in [0.4, 0.5) is 5.95 Å². The predicted octanol–water partition coefficient (Wildman–Crippen LogP) is 0.925. The third-order valence-corrected chi connectivity index (χ3v) is 3.88. The van der Waals surface area contributed by atoms with Gasteiger partial charge in [-0.1, -0.05) is 6.42 Å². The first-order chi connectivity index (χ1) is 8.84. The van der Waals surface area contributed by atoms with Gasteiger partial charge in [0.2, 0.25) is 11.9 Å². The van der Waals surface area contributed by atoms with Crippen LogP contribution in [-0.2, 0) is 4.79 Å². The smallest absolute Gasteiger partial charge is 0.225 e. The molecule has 1 aliphatic heterocycles. The van der Waals surface area contributed by atoms with Crippen molar-refractivity contribution in [2.75, 3.05) is 31.1 Å². The first kappa shape index (κ1) is 11.4. The van der Waals surface area contributed by atoms with Crippen molar-refractivity contribution in [1.29, 1.82) is 0 Å². The average Bonchev–Trinajstić information content (AvgIpc) is 2.38. The van der Waals surface area contributed by atoms with Crippen molar-refractivity contribution in [2.45, 2.75) is 19.3 Å². The molecular weight excluding hydrogens is 228 g/mol. The summed E-state index contributed by atoms with van der Waals surface area (Å²) in [5.41, 5.74) is 0. The Morgan fingerprint density at radius 1 is 1.11 bits per heavy atom. The number of nitrogens with zero attached hydrogens (tertiary/aromatic N) is 4. The van der Waals surface area contributed by atoms with Gasteiger partial charge in [0, 0.05) is 44.5 Å². The fourth-order valence-electron chi connectivity index (χ4n) is 2.49. The molecule has 0 aromatic carbocycles. The molecule has 2 fully saturated rings. The van der Waals surface area contributed by atoms with Gasteiger partial charge in [-0.15, -0.1) is 0 Å². The van der Waals surface area contributed by atoms with Crippen molar-refractivity contribution in [3.05, 3.63) is 18.5 Å². The molecule has 5 nitrogen and oxygen atoms in total. The van der Waals surface area contributed by atoms with E-state index in [0.29, 0.717) is 11.8 Å². The summed E-state index contributed by atoms with van der Waals surface area (Å²) >= 11 is 0. The maximum atomic E-state index is 12.1.